The van der Waals surface area contributed by atoms with Crippen molar-refractivity contribution in [3.8, 4) is 0 Å². The van der Waals surface area contributed by atoms with Crippen molar-refractivity contribution < 1.29 is 4.63 Å². The Kier molecular flexibility index (Phi) is 3.78. The van der Waals surface area contributed by atoms with Crippen molar-refractivity contribution in [1.82, 2.24) is 25.3 Å². The summed E-state index contributed by atoms with van der Waals surface area (Å²) in [6.07, 6.45) is 6.63. The van der Waals surface area contributed by atoms with Crippen molar-refractivity contribution in [3.05, 3.63) is 16.6 Å². The van der Waals surface area contributed by atoms with E-state index in [4.69, 9.17) is 4.63 Å². The Morgan fingerprint density at radius 1 is 1.26 bits per heavy atom. The molecule has 3 aromatic heterocycles. The highest BCUT2D eigenvalue weighted by molar-refractivity contribution is 7.09. The van der Waals surface area contributed by atoms with Gasteiger partial charge in [-0.05, 0) is 23.2 Å². The first kappa shape index (κ1) is 14.3. The zero-order chi connectivity index (χ0) is 15.6. The molecule has 23 heavy (non-hydrogen) atoms. The third kappa shape index (κ3) is 2.96. The van der Waals surface area contributed by atoms with Crippen LogP contribution in [0, 0.1) is 0 Å². The van der Waals surface area contributed by atoms with E-state index in [1.54, 1.807) is 11.3 Å². The van der Waals surface area contributed by atoms with E-state index in [1.807, 2.05) is 23.5 Å². The van der Waals surface area contributed by atoms with E-state index in [0.29, 0.717) is 23.9 Å². The first-order valence-electron chi connectivity index (χ1n) is 7.66. The average molecular weight is 331 g/mol. The maximum Gasteiger partial charge on any atom is 0.245 e. The molecular formula is C14H17N7OS. The fourth-order valence-electron chi connectivity index (χ4n) is 2.86. The minimum absolute atomic E-state index is 0.419. The number of hydrogen-bond acceptors (Lipinski definition) is 9. The van der Waals surface area contributed by atoms with Crippen LogP contribution in [0.25, 0.3) is 11.3 Å². The van der Waals surface area contributed by atoms with Crippen molar-refractivity contribution in [2.75, 3.05) is 17.3 Å². The topological polar surface area (TPSA) is 92.9 Å². The smallest absolute Gasteiger partial charge is 0.245 e. The first-order valence-corrected chi connectivity index (χ1v) is 8.54. The molecule has 0 atom stereocenters. The molecule has 0 amide bonds. The Balaban J connectivity index is 1.66. The summed E-state index contributed by atoms with van der Waals surface area (Å²) in [7, 11) is 1.98. The molecule has 3 aromatic rings. The van der Waals surface area contributed by atoms with Gasteiger partial charge in [-0.1, -0.05) is 12.8 Å². The molecule has 3 heterocycles. The minimum atomic E-state index is 0.419. The predicted octanol–water partition coefficient (Wildman–Crippen LogP) is 2.46. The molecule has 1 aliphatic carbocycles. The molecule has 1 saturated carbocycles. The SMILES string of the molecule is CN(Cc1nccs1)c1nc2nonc2nc1NC1CCCC1. The van der Waals surface area contributed by atoms with Gasteiger partial charge in [-0.2, -0.15) is 0 Å². The van der Waals surface area contributed by atoms with Gasteiger partial charge in [0.25, 0.3) is 0 Å². The molecule has 4 rings (SSSR count). The van der Waals surface area contributed by atoms with E-state index in [1.165, 1.54) is 12.8 Å². The second-order valence-corrected chi connectivity index (χ2v) is 6.69. The third-order valence-electron chi connectivity index (χ3n) is 4.01. The first-order chi connectivity index (χ1) is 11.3. The monoisotopic (exact) mass is 331 g/mol. The quantitative estimate of drug-likeness (QED) is 0.762. The lowest BCUT2D eigenvalue weighted by Crippen LogP contribution is -2.23. The molecule has 9 heteroatoms. The van der Waals surface area contributed by atoms with Gasteiger partial charge in [0.05, 0.1) is 6.54 Å². The van der Waals surface area contributed by atoms with Crippen LogP contribution < -0.4 is 10.2 Å². The van der Waals surface area contributed by atoms with Crippen LogP contribution in [0.15, 0.2) is 16.2 Å². The summed E-state index contributed by atoms with van der Waals surface area (Å²) in [6, 6.07) is 0.439. The second kappa shape index (κ2) is 6.07. The summed E-state index contributed by atoms with van der Waals surface area (Å²) >= 11 is 1.62. The predicted molar refractivity (Wildman–Crippen MR) is 87.5 cm³/mol. The molecule has 0 bridgehead atoms. The fraction of sp³-hybridized carbons (Fsp3) is 0.500. The van der Waals surface area contributed by atoms with Gasteiger partial charge in [-0.25, -0.2) is 19.6 Å². The van der Waals surface area contributed by atoms with Crippen LogP contribution in [0.2, 0.25) is 0 Å². The second-order valence-electron chi connectivity index (χ2n) is 5.71. The molecule has 0 radical (unpaired) electrons. The molecule has 120 valence electrons. The number of nitrogens with one attached hydrogen (secondary N) is 1. The Labute approximate surface area is 136 Å². The van der Waals surface area contributed by atoms with Crippen LogP contribution in [0.4, 0.5) is 11.6 Å². The maximum atomic E-state index is 4.75. The molecule has 0 spiro atoms. The van der Waals surface area contributed by atoms with Gasteiger partial charge in [-0.15, -0.1) is 11.3 Å². The summed E-state index contributed by atoms with van der Waals surface area (Å²) in [6.45, 7) is 0.669. The van der Waals surface area contributed by atoms with E-state index in [-0.39, 0.29) is 0 Å². The Morgan fingerprint density at radius 2 is 2.04 bits per heavy atom. The number of fused-ring (bicyclic) bond motifs is 1. The molecule has 0 aromatic carbocycles. The molecule has 1 fully saturated rings. The largest absolute Gasteiger partial charge is 0.364 e. The van der Waals surface area contributed by atoms with Crippen molar-refractivity contribution in [1.29, 1.82) is 0 Å². The highest BCUT2D eigenvalue weighted by atomic mass is 32.1. The Hall–Kier alpha value is -2.29. The lowest BCUT2D eigenvalue weighted by atomic mass is 10.2. The number of nitrogens with zero attached hydrogens (tertiary/aromatic N) is 6. The Morgan fingerprint density at radius 3 is 2.78 bits per heavy atom. The van der Waals surface area contributed by atoms with Crippen LogP contribution in [0.1, 0.15) is 30.7 Å². The van der Waals surface area contributed by atoms with Gasteiger partial charge < -0.3 is 10.2 Å². The third-order valence-corrected chi connectivity index (χ3v) is 4.77. The zero-order valence-corrected chi connectivity index (χ0v) is 13.6. The van der Waals surface area contributed by atoms with Gasteiger partial charge in [-0.3, -0.25) is 0 Å². The number of anilines is 2. The lowest BCUT2D eigenvalue weighted by Gasteiger charge is -2.21. The van der Waals surface area contributed by atoms with E-state index in [0.717, 1.165) is 29.5 Å². The minimum Gasteiger partial charge on any atom is -0.364 e. The Bertz CT molecular complexity index is 782. The van der Waals surface area contributed by atoms with Gasteiger partial charge in [0.2, 0.25) is 11.3 Å². The van der Waals surface area contributed by atoms with Gasteiger partial charge >= 0.3 is 0 Å². The summed E-state index contributed by atoms with van der Waals surface area (Å²) in [5.74, 6) is 1.48. The summed E-state index contributed by atoms with van der Waals surface area (Å²) in [5, 5.41) is 14.1. The van der Waals surface area contributed by atoms with Crippen molar-refractivity contribution >= 4 is 34.3 Å². The number of thiazole rings is 1. The molecule has 1 aliphatic rings. The van der Waals surface area contributed by atoms with Gasteiger partial charge in [0.1, 0.15) is 5.01 Å². The summed E-state index contributed by atoms with van der Waals surface area (Å²) in [4.78, 5) is 15.5. The molecule has 1 N–H and O–H groups in total. The van der Waals surface area contributed by atoms with Crippen LogP contribution in [-0.2, 0) is 6.54 Å². The molecule has 0 unspecified atom stereocenters. The van der Waals surface area contributed by atoms with Gasteiger partial charge in [0.15, 0.2) is 11.6 Å². The summed E-state index contributed by atoms with van der Waals surface area (Å²) < 4.78 is 4.75. The maximum absolute atomic E-state index is 4.75. The van der Waals surface area contributed by atoms with Crippen LogP contribution in [0.5, 0.6) is 0 Å². The average Bonchev–Trinajstić information content (AvgIpc) is 3.28. The standard InChI is InChI=1S/C14H17N7OS/c1-21(8-10-15-6-7-23-10)14-13(16-9-4-2-3-5-9)17-11-12(18-14)20-22-19-11/h6-7,9H,2-5,8H2,1H3,(H,16,17,19). The molecule has 0 saturated heterocycles. The molecular weight excluding hydrogens is 314 g/mol. The van der Waals surface area contributed by atoms with Crippen LogP contribution in [0.3, 0.4) is 0 Å². The van der Waals surface area contributed by atoms with Crippen LogP contribution in [-0.4, -0.2) is 38.4 Å². The fourth-order valence-corrected chi connectivity index (χ4v) is 3.53. The van der Waals surface area contributed by atoms with E-state index < -0.39 is 0 Å². The van der Waals surface area contributed by atoms with Crippen LogP contribution >= 0.6 is 11.3 Å². The number of rotatable bonds is 5. The molecule has 0 aliphatic heterocycles. The van der Waals surface area contributed by atoms with Crippen molar-refractivity contribution in [3.63, 3.8) is 0 Å². The molecule has 8 nitrogen and oxygen atoms in total. The zero-order valence-electron chi connectivity index (χ0n) is 12.8. The normalized spacial score (nSPS) is 15.3. The highest BCUT2D eigenvalue weighted by Crippen LogP contribution is 2.28. The summed E-state index contributed by atoms with van der Waals surface area (Å²) in [5.41, 5.74) is 0.847. The number of hydrogen-bond donors (Lipinski definition) is 1. The van der Waals surface area contributed by atoms with Crippen molar-refractivity contribution in [2.24, 2.45) is 0 Å². The van der Waals surface area contributed by atoms with E-state index >= 15 is 0 Å². The van der Waals surface area contributed by atoms with E-state index in [9.17, 15) is 0 Å². The van der Waals surface area contributed by atoms with Gasteiger partial charge in [0, 0.05) is 24.7 Å². The lowest BCUT2D eigenvalue weighted by molar-refractivity contribution is 0.314. The van der Waals surface area contributed by atoms with Crippen molar-refractivity contribution in [2.45, 2.75) is 38.3 Å². The highest BCUT2D eigenvalue weighted by Gasteiger charge is 2.21. The number of aromatic nitrogens is 5. The van der Waals surface area contributed by atoms with E-state index in [2.05, 4.69) is 30.6 Å².